The van der Waals surface area contributed by atoms with Crippen LogP contribution in [0.5, 0.6) is 0 Å². The number of nitrogens with zero attached hydrogens (tertiary/aromatic N) is 2. The molecule has 0 aromatic carbocycles. The Morgan fingerprint density at radius 1 is 1.62 bits per heavy atom. The molecule has 0 unspecified atom stereocenters. The molecule has 0 saturated heterocycles. The Morgan fingerprint density at radius 2 is 2.23 bits per heavy atom. The SMILES string of the molecule is O=C(O)c1ccc([N+](=O)[O-])nc1Cl. The summed E-state index contributed by atoms with van der Waals surface area (Å²) in [6.45, 7) is 0. The zero-order chi connectivity index (χ0) is 10.0. The molecule has 0 saturated carbocycles. The molecule has 1 heterocycles. The molecule has 0 fully saturated rings. The zero-order valence-corrected chi connectivity index (χ0v) is 6.85. The van der Waals surface area contributed by atoms with E-state index in [0.29, 0.717) is 0 Å². The highest BCUT2D eigenvalue weighted by Gasteiger charge is 2.17. The Balaban J connectivity index is 3.20. The summed E-state index contributed by atoms with van der Waals surface area (Å²) >= 11 is 5.37. The van der Waals surface area contributed by atoms with Gasteiger partial charge in [0.2, 0.25) is 0 Å². The van der Waals surface area contributed by atoms with Crippen LogP contribution < -0.4 is 0 Å². The average Bonchev–Trinajstić information content (AvgIpc) is 2.03. The molecule has 0 aliphatic heterocycles. The molecule has 0 spiro atoms. The molecule has 0 bridgehead atoms. The van der Waals surface area contributed by atoms with Crippen LogP contribution in [0, 0.1) is 10.1 Å². The zero-order valence-electron chi connectivity index (χ0n) is 6.10. The number of hydrogen-bond donors (Lipinski definition) is 1. The first-order valence-electron chi connectivity index (χ1n) is 3.06. The molecule has 1 aromatic rings. The number of aromatic nitrogens is 1. The predicted molar refractivity (Wildman–Crippen MR) is 42.9 cm³/mol. The third kappa shape index (κ3) is 1.91. The van der Waals surface area contributed by atoms with Gasteiger partial charge in [0.1, 0.15) is 5.56 Å². The van der Waals surface area contributed by atoms with E-state index in [1.807, 2.05) is 0 Å². The van der Waals surface area contributed by atoms with Gasteiger partial charge in [-0.1, -0.05) is 0 Å². The van der Waals surface area contributed by atoms with Crippen molar-refractivity contribution in [1.29, 1.82) is 0 Å². The summed E-state index contributed by atoms with van der Waals surface area (Å²) in [6.07, 6.45) is 0. The maximum atomic E-state index is 10.4. The van der Waals surface area contributed by atoms with Crippen molar-refractivity contribution in [2.75, 3.05) is 0 Å². The Labute approximate surface area is 76.9 Å². The average molecular weight is 203 g/mol. The molecule has 6 nitrogen and oxygen atoms in total. The number of hydrogen-bond acceptors (Lipinski definition) is 4. The van der Waals surface area contributed by atoms with E-state index in [9.17, 15) is 14.9 Å². The second-order valence-electron chi connectivity index (χ2n) is 2.07. The molecular weight excluding hydrogens is 200 g/mol. The van der Waals surface area contributed by atoms with Crippen LogP contribution in [0.3, 0.4) is 0 Å². The second kappa shape index (κ2) is 3.36. The standard InChI is InChI=1S/C6H3ClN2O4/c7-5-3(6(10)11)1-2-4(8-5)9(12)13/h1-2H,(H,10,11). The fourth-order valence-corrected chi connectivity index (χ4v) is 0.916. The van der Waals surface area contributed by atoms with Gasteiger partial charge in [0.05, 0.1) is 0 Å². The third-order valence-electron chi connectivity index (χ3n) is 1.25. The number of carbonyl (C=O) groups is 1. The molecule has 0 atom stereocenters. The summed E-state index contributed by atoms with van der Waals surface area (Å²) in [7, 11) is 0. The Morgan fingerprint density at radius 3 is 2.62 bits per heavy atom. The van der Waals surface area contributed by atoms with Crippen LogP contribution in [0.25, 0.3) is 0 Å². The number of carboxylic acids is 1. The number of rotatable bonds is 2. The second-order valence-corrected chi connectivity index (χ2v) is 2.43. The van der Waals surface area contributed by atoms with Gasteiger partial charge in [-0.25, -0.2) is 4.79 Å². The van der Waals surface area contributed by atoms with E-state index in [1.165, 1.54) is 0 Å². The summed E-state index contributed by atoms with van der Waals surface area (Å²) in [5.74, 6) is -1.75. The van der Waals surface area contributed by atoms with Crippen LogP contribution in [0.1, 0.15) is 10.4 Å². The van der Waals surface area contributed by atoms with E-state index in [4.69, 9.17) is 16.7 Å². The van der Waals surface area contributed by atoms with Gasteiger partial charge in [-0.15, -0.1) is 0 Å². The smallest absolute Gasteiger partial charge is 0.365 e. The lowest BCUT2D eigenvalue weighted by atomic mass is 10.3. The highest BCUT2D eigenvalue weighted by atomic mass is 35.5. The van der Waals surface area contributed by atoms with Gasteiger partial charge in [0, 0.05) is 6.07 Å². The lowest BCUT2D eigenvalue weighted by molar-refractivity contribution is -0.389. The molecule has 7 heteroatoms. The monoisotopic (exact) mass is 202 g/mol. The van der Waals surface area contributed by atoms with Crippen LogP contribution in [0.15, 0.2) is 12.1 Å². The molecule has 0 amide bonds. The Hall–Kier alpha value is -1.69. The minimum atomic E-state index is -1.27. The molecule has 0 aliphatic carbocycles. The molecule has 1 aromatic heterocycles. The summed E-state index contributed by atoms with van der Waals surface area (Å²) in [6, 6.07) is 2.02. The van der Waals surface area contributed by atoms with Crippen molar-refractivity contribution in [3.8, 4) is 0 Å². The highest BCUT2D eigenvalue weighted by Crippen LogP contribution is 2.17. The first kappa shape index (κ1) is 9.40. The Bertz CT molecular complexity index is 379. The van der Waals surface area contributed by atoms with E-state index < -0.39 is 16.7 Å². The first-order chi connectivity index (χ1) is 6.02. The van der Waals surface area contributed by atoms with Crippen LogP contribution in [0.2, 0.25) is 5.15 Å². The number of aromatic carboxylic acids is 1. The quantitative estimate of drug-likeness (QED) is 0.444. The molecule has 0 radical (unpaired) electrons. The minimum absolute atomic E-state index is 0.257. The van der Waals surface area contributed by atoms with Crippen LogP contribution in [-0.4, -0.2) is 21.0 Å². The van der Waals surface area contributed by atoms with Gasteiger partial charge in [0.25, 0.3) is 5.15 Å². The predicted octanol–water partition coefficient (Wildman–Crippen LogP) is 1.34. The number of carboxylic acid groups (broad SMARTS) is 1. The van der Waals surface area contributed by atoms with Crippen molar-refractivity contribution in [3.63, 3.8) is 0 Å². The van der Waals surface area contributed by atoms with Gasteiger partial charge in [-0.2, -0.15) is 0 Å². The summed E-state index contributed by atoms with van der Waals surface area (Å²) in [5, 5.41) is 18.3. The van der Waals surface area contributed by atoms with Crippen molar-refractivity contribution in [2.24, 2.45) is 0 Å². The van der Waals surface area contributed by atoms with E-state index >= 15 is 0 Å². The molecule has 68 valence electrons. The van der Waals surface area contributed by atoms with Crippen molar-refractivity contribution in [2.45, 2.75) is 0 Å². The lowest BCUT2D eigenvalue weighted by Crippen LogP contribution is -2.00. The topological polar surface area (TPSA) is 93.3 Å². The van der Waals surface area contributed by atoms with Crippen LogP contribution in [0.4, 0.5) is 5.82 Å². The van der Waals surface area contributed by atoms with Gasteiger partial charge in [-0.05, 0) is 27.6 Å². The van der Waals surface area contributed by atoms with Crippen molar-refractivity contribution in [3.05, 3.63) is 33.0 Å². The van der Waals surface area contributed by atoms with Crippen molar-refractivity contribution < 1.29 is 14.8 Å². The van der Waals surface area contributed by atoms with Gasteiger partial charge in [-0.3, -0.25) is 0 Å². The van der Waals surface area contributed by atoms with E-state index in [1.54, 1.807) is 0 Å². The van der Waals surface area contributed by atoms with Gasteiger partial charge >= 0.3 is 11.8 Å². The highest BCUT2D eigenvalue weighted by molar-refractivity contribution is 6.32. The summed E-state index contributed by atoms with van der Waals surface area (Å²) in [5.41, 5.74) is -0.257. The minimum Gasteiger partial charge on any atom is -0.477 e. The van der Waals surface area contributed by atoms with Crippen molar-refractivity contribution in [1.82, 2.24) is 4.98 Å². The Kier molecular flexibility index (Phi) is 2.43. The largest absolute Gasteiger partial charge is 0.477 e. The van der Waals surface area contributed by atoms with E-state index in [0.717, 1.165) is 12.1 Å². The number of nitro groups is 1. The number of halogens is 1. The maximum Gasteiger partial charge on any atom is 0.365 e. The molecule has 1 N–H and O–H groups in total. The van der Waals surface area contributed by atoms with E-state index in [-0.39, 0.29) is 10.7 Å². The van der Waals surface area contributed by atoms with Crippen molar-refractivity contribution >= 4 is 23.4 Å². The fourth-order valence-electron chi connectivity index (χ4n) is 0.686. The maximum absolute atomic E-state index is 10.4. The van der Waals surface area contributed by atoms with E-state index in [2.05, 4.69) is 4.98 Å². The van der Waals surface area contributed by atoms with Crippen LogP contribution in [-0.2, 0) is 0 Å². The molecule has 13 heavy (non-hydrogen) atoms. The summed E-state index contributed by atoms with van der Waals surface area (Å²) in [4.78, 5) is 23.1. The fraction of sp³-hybridized carbons (Fsp3) is 0. The summed E-state index contributed by atoms with van der Waals surface area (Å²) < 4.78 is 0. The first-order valence-corrected chi connectivity index (χ1v) is 3.44. The van der Waals surface area contributed by atoms with Crippen LogP contribution >= 0.6 is 11.6 Å². The molecular formula is C6H3ClN2O4. The van der Waals surface area contributed by atoms with Gasteiger partial charge < -0.3 is 15.2 Å². The van der Waals surface area contributed by atoms with Gasteiger partial charge in [0.15, 0.2) is 0 Å². The number of pyridine rings is 1. The normalized spacial score (nSPS) is 9.62. The molecule has 1 rings (SSSR count). The lowest BCUT2D eigenvalue weighted by Gasteiger charge is -1.94. The molecule has 0 aliphatic rings. The third-order valence-corrected chi connectivity index (χ3v) is 1.54.